The molecule has 13 heavy (non-hydrogen) atoms. The number of carboxylic acid groups (broad SMARTS) is 1. The third-order valence-electron chi connectivity index (χ3n) is 2.03. The monoisotopic (exact) mass is 207 g/mol. The van der Waals surface area contributed by atoms with E-state index in [9.17, 15) is 9.59 Å². The predicted molar refractivity (Wildman–Crippen MR) is 45.0 cm³/mol. The first-order valence-electron chi connectivity index (χ1n) is 3.79. The molecule has 1 aliphatic heterocycles. The Balaban J connectivity index is 2.56. The molecule has 0 saturated carbocycles. The number of carbonyl (C=O) groups is 2. The van der Waals surface area contributed by atoms with Crippen molar-refractivity contribution >= 4 is 23.1 Å². The van der Waals surface area contributed by atoms with E-state index < -0.39 is 17.1 Å². The maximum Gasteiger partial charge on any atom is 0.407 e. The second-order valence-electron chi connectivity index (χ2n) is 3.24. The maximum absolute atomic E-state index is 10.5. The van der Waals surface area contributed by atoms with Gasteiger partial charge in [0.15, 0.2) is 0 Å². The van der Waals surface area contributed by atoms with Gasteiger partial charge in [-0.05, 0) is 6.92 Å². The lowest BCUT2D eigenvalue weighted by Gasteiger charge is -2.22. The molecule has 0 radical (unpaired) electrons. The Kier molecular flexibility index (Phi) is 2.66. The van der Waals surface area contributed by atoms with Crippen molar-refractivity contribution < 1.29 is 19.4 Å². The lowest BCUT2D eigenvalue weighted by Crippen LogP contribution is -2.35. The van der Waals surface area contributed by atoms with Gasteiger partial charge in [-0.1, -0.05) is 0 Å². The summed E-state index contributed by atoms with van der Waals surface area (Å²) in [4.78, 5) is 22.2. The minimum Gasteiger partial charge on any atom is -0.465 e. The van der Waals surface area contributed by atoms with Crippen LogP contribution < -0.4 is 0 Å². The van der Waals surface area contributed by atoms with Crippen LogP contribution in [0.4, 0.5) is 9.59 Å². The van der Waals surface area contributed by atoms with Crippen molar-refractivity contribution in [3.8, 4) is 0 Å². The lowest BCUT2D eigenvalue weighted by molar-refractivity contribution is 0.0487. The number of hydrogen-bond acceptors (Lipinski definition) is 3. The van der Waals surface area contributed by atoms with Gasteiger partial charge >= 0.3 is 11.5 Å². The Labute approximate surface area is 80.2 Å². The van der Waals surface area contributed by atoms with Crippen molar-refractivity contribution in [2.45, 2.75) is 18.9 Å². The number of ether oxygens (including phenoxy) is 1. The molecule has 1 heterocycles. The topological polar surface area (TPSA) is 66.8 Å². The molecule has 1 N–H and O–H groups in total. The molecule has 1 aliphatic rings. The summed E-state index contributed by atoms with van der Waals surface area (Å²) in [5.41, 5.74) is -1.66. The van der Waals surface area contributed by atoms with Crippen LogP contribution in [-0.2, 0) is 4.74 Å². The van der Waals surface area contributed by atoms with Gasteiger partial charge in [0.05, 0.1) is 6.54 Å². The third-order valence-corrected chi connectivity index (χ3v) is 2.11. The molecule has 74 valence electrons. The van der Waals surface area contributed by atoms with Crippen molar-refractivity contribution in [3.05, 3.63) is 0 Å². The van der Waals surface area contributed by atoms with Crippen LogP contribution in [-0.4, -0.2) is 40.2 Å². The number of likely N-dealkylation sites (tertiary alicyclic amines) is 1. The van der Waals surface area contributed by atoms with E-state index in [4.69, 9.17) is 21.4 Å². The van der Waals surface area contributed by atoms with E-state index in [-0.39, 0.29) is 6.54 Å². The molecule has 1 unspecified atom stereocenters. The molecule has 1 rings (SSSR count). The van der Waals surface area contributed by atoms with Crippen LogP contribution >= 0.6 is 11.6 Å². The molecule has 1 saturated heterocycles. The summed E-state index contributed by atoms with van der Waals surface area (Å²) in [6.45, 7) is 2.22. The van der Waals surface area contributed by atoms with Crippen LogP contribution in [0.15, 0.2) is 0 Å². The fourth-order valence-electron chi connectivity index (χ4n) is 1.37. The van der Waals surface area contributed by atoms with E-state index in [1.54, 1.807) is 6.92 Å². The summed E-state index contributed by atoms with van der Waals surface area (Å²) < 4.78 is 4.80. The highest BCUT2D eigenvalue weighted by Crippen LogP contribution is 2.25. The van der Waals surface area contributed by atoms with Gasteiger partial charge in [-0.3, -0.25) is 0 Å². The molecule has 6 heteroatoms. The molecule has 0 aliphatic carbocycles. The van der Waals surface area contributed by atoms with Gasteiger partial charge in [0.2, 0.25) is 0 Å². The van der Waals surface area contributed by atoms with E-state index in [2.05, 4.69) is 0 Å². The average Bonchev–Trinajstić information content (AvgIpc) is 2.29. The fraction of sp³-hybridized carbons (Fsp3) is 0.714. The smallest absolute Gasteiger partial charge is 0.407 e. The van der Waals surface area contributed by atoms with Crippen molar-refractivity contribution in [2.24, 2.45) is 0 Å². The molecule has 0 spiro atoms. The molecule has 1 amide bonds. The van der Waals surface area contributed by atoms with E-state index in [1.165, 1.54) is 4.90 Å². The van der Waals surface area contributed by atoms with Gasteiger partial charge in [-0.15, -0.1) is 0 Å². The van der Waals surface area contributed by atoms with E-state index in [1.807, 2.05) is 0 Å². The second-order valence-corrected chi connectivity index (χ2v) is 3.55. The fourth-order valence-corrected chi connectivity index (χ4v) is 1.56. The Morgan fingerprint density at radius 2 is 2.23 bits per heavy atom. The van der Waals surface area contributed by atoms with E-state index in [0.717, 1.165) is 0 Å². The summed E-state index contributed by atoms with van der Waals surface area (Å²) in [6, 6.07) is 0. The Morgan fingerprint density at radius 3 is 2.62 bits per heavy atom. The summed E-state index contributed by atoms with van der Waals surface area (Å²) in [6.07, 6.45) is -0.521. The van der Waals surface area contributed by atoms with Gasteiger partial charge in [0.1, 0.15) is 5.60 Å². The van der Waals surface area contributed by atoms with Gasteiger partial charge in [0.25, 0.3) is 0 Å². The standard InChI is InChI=1S/C7H10ClNO4/c1-7(13-5(8)10)2-3-9(4-7)6(11)12/h2-4H2,1H3,(H,11,12). The molecule has 0 aromatic heterocycles. The minimum atomic E-state index is -1.01. The second kappa shape index (κ2) is 3.41. The summed E-state index contributed by atoms with van der Waals surface area (Å²) in [7, 11) is 0. The van der Waals surface area contributed by atoms with Gasteiger partial charge in [-0.25, -0.2) is 9.59 Å². The van der Waals surface area contributed by atoms with Crippen LogP contribution in [0.3, 0.4) is 0 Å². The quantitative estimate of drug-likeness (QED) is 0.662. The highest BCUT2D eigenvalue weighted by molar-refractivity contribution is 6.61. The zero-order chi connectivity index (χ0) is 10.1. The number of hydrogen-bond donors (Lipinski definition) is 1. The lowest BCUT2D eigenvalue weighted by atomic mass is 10.1. The Morgan fingerprint density at radius 1 is 1.62 bits per heavy atom. The van der Waals surface area contributed by atoms with Crippen molar-refractivity contribution in [2.75, 3.05) is 13.1 Å². The van der Waals surface area contributed by atoms with Crippen LogP contribution in [0, 0.1) is 0 Å². The van der Waals surface area contributed by atoms with Crippen LogP contribution in [0.2, 0.25) is 0 Å². The van der Waals surface area contributed by atoms with Crippen molar-refractivity contribution in [1.29, 1.82) is 0 Å². The molecule has 1 atom stereocenters. The van der Waals surface area contributed by atoms with Crippen molar-refractivity contribution in [1.82, 2.24) is 4.90 Å². The van der Waals surface area contributed by atoms with Gasteiger partial charge in [0, 0.05) is 24.6 Å². The molecular weight excluding hydrogens is 198 g/mol. The third kappa shape index (κ3) is 2.48. The first kappa shape index (κ1) is 10.1. The first-order chi connectivity index (χ1) is 5.93. The van der Waals surface area contributed by atoms with E-state index >= 15 is 0 Å². The molecule has 0 bridgehead atoms. The highest BCUT2D eigenvalue weighted by atomic mass is 35.5. The molecular formula is C7H10ClNO4. The van der Waals surface area contributed by atoms with Gasteiger partial charge in [-0.2, -0.15) is 0 Å². The SMILES string of the molecule is CC1(OC(=O)Cl)CCN(C(=O)O)C1. The highest BCUT2D eigenvalue weighted by Gasteiger charge is 2.39. The Bertz CT molecular complexity index is 245. The number of rotatable bonds is 1. The molecule has 0 aromatic rings. The van der Waals surface area contributed by atoms with Gasteiger partial charge < -0.3 is 14.7 Å². The number of halogens is 1. The first-order valence-corrected chi connectivity index (χ1v) is 4.17. The average molecular weight is 208 g/mol. The van der Waals surface area contributed by atoms with E-state index in [0.29, 0.717) is 13.0 Å². The zero-order valence-corrected chi connectivity index (χ0v) is 7.87. The molecule has 0 aromatic carbocycles. The number of amides is 1. The zero-order valence-electron chi connectivity index (χ0n) is 7.12. The normalized spacial score (nSPS) is 27.4. The largest absolute Gasteiger partial charge is 0.465 e. The minimum absolute atomic E-state index is 0.181. The summed E-state index contributed by atoms with van der Waals surface area (Å²) in [5.74, 6) is 0. The maximum atomic E-state index is 10.5. The summed E-state index contributed by atoms with van der Waals surface area (Å²) >= 11 is 5.05. The number of carbonyl (C=O) groups excluding carboxylic acids is 1. The van der Waals surface area contributed by atoms with Crippen LogP contribution in [0.5, 0.6) is 0 Å². The molecule has 5 nitrogen and oxygen atoms in total. The van der Waals surface area contributed by atoms with Crippen LogP contribution in [0.1, 0.15) is 13.3 Å². The number of nitrogens with zero attached hydrogens (tertiary/aromatic N) is 1. The van der Waals surface area contributed by atoms with Crippen LogP contribution in [0.25, 0.3) is 0 Å². The Hall–Kier alpha value is -0.970. The predicted octanol–water partition coefficient (Wildman–Crippen LogP) is 1.50. The summed E-state index contributed by atoms with van der Waals surface area (Å²) in [5, 5.41) is 8.63. The molecule has 1 fully saturated rings. The van der Waals surface area contributed by atoms with Crippen molar-refractivity contribution in [3.63, 3.8) is 0 Å².